The van der Waals surface area contributed by atoms with E-state index in [9.17, 15) is 4.79 Å². The molecule has 2 nitrogen and oxygen atoms in total. The number of carbonyl (C=O) groups is 1. The third-order valence-electron chi connectivity index (χ3n) is 5.17. The number of carbonyl (C=O) groups excluding carboxylic acids is 1. The molecule has 0 saturated heterocycles. The van der Waals surface area contributed by atoms with Gasteiger partial charge in [0.25, 0.3) is 0 Å². The third-order valence-corrected chi connectivity index (χ3v) is 5.17. The van der Waals surface area contributed by atoms with E-state index in [1.54, 1.807) is 0 Å². The molecule has 80 valence electrons. The van der Waals surface area contributed by atoms with Gasteiger partial charge >= 0.3 is 0 Å². The lowest BCUT2D eigenvalue weighted by molar-refractivity contribution is -0.119. The van der Waals surface area contributed by atoms with Crippen molar-refractivity contribution in [1.29, 1.82) is 0 Å². The molecule has 0 spiro atoms. The highest BCUT2D eigenvalue weighted by atomic mass is 16.5. The maximum Gasteiger partial charge on any atom is 0.137 e. The van der Waals surface area contributed by atoms with Crippen LogP contribution in [-0.4, -0.2) is 11.9 Å². The number of fused-ring (bicyclic) bond motifs is 6. The number of ketones is 1. The Kier molecular flexibility index (Phi) is 1.08. The predicted molar refractivity (Wildman–Crippen MR) is 57.2 cm³/mol. The molecule has 3 fully saturated rings. The summed E-state index contributed by atoms with van der Waals surface area (Å²) in [4.78, 5) is 11.8. The average molecular weight is 212 g/mol. The molecular formula is C14H12O2. The van der Waals surface area contributed by atoms with E-state index in [0.29, 0.717) is 41.5 Å². The number of hydrogen-bond donors (Lipinski definition) is 0. The molecule has 1 heterocycles. The Balaban J connectivity index is 1.68. The topological polar surface area (TPSA) is 26.3 Å². The van der Waals surface area contributed by atoms with Crippen molar-refractivity contribution >= 4 is 5.78 Å². The van der Waals surface area contributed by atoms with Crippen LogP contribution in [0.25, 0.3) is 0 Å². The van der Waals surface area contributed by atoms with Crippen LogP contribution in [0.4, 0.5) is 0 Å². The van der Waals surface area contributed by atoms with E-state index in [4.69, 9.17) is 4.74 Å². The van der Waals surface area contributed by atoms with Gasteiger partial charge in [-0.2, -0.15) is 0 Å². The second-order valence-corrected chi connectivity index (χ2v) is 5.66. The standard InChI is InChI=1S/C14H12O2/c15-8-5-7-10-12(8)13(10)11-6-3-1-2-4-9(6)16-14(7)11/h1-4,7,10-14H,5H2/t7-,10-,11?,12?,13?,14?/m0/s1. The van der Waals surface area contributed by atoms with Gasteiger partial charge in [-0.3, -0.25) is 4.79 Å². The highest BCUT2D eigenvalue weighted by Crippen LogP contribution is 2.74. The molecule has 1 aromatic rings. The molecule has 4 aliphatic rings. The zero-order valence-electron chi connectivity index (χ0n) is 8.80. The smallest absolute Gasteiger partial charge is 0.137 e. The van der Waals surface area contributed by atoms with Crippen molar-refractivity contribution in [2.24, 2.45) is 23.7 Å². The minimum absolute atomic E-state index is 0.315. The Morgan fingerprint density at radius 1 is 1.12 bits per heavy atom. The Morgan fingerprint density at radius 3 is 2.94 bits per heavy atom. The number of para-hydroxylation sites is 1. The second-order valence-electron chi connectivity index (χ2n) is 5.66. The first kappa shape index (κ1) is 7.88. The summed E-state index contributed by atoms with van der Waals surface area (Å²) in [6.07, 6.45) is 1.09. The first-order valence-corrected chi connectivity index (χ1v) is 6.14. The molecule has 0 amide bonds. The van der Waals surface area contributed by atoms with Crippen molar-refractivity contribution in [2.75, 3.05) is 0 Å². The molecule has 0 aromatic heterocycles. The van der Waals surface area contributed by atoms with Crippen LogP contribution in [0, 0.1) is 23.7 Å². The molecule has 16 heavy (non-hydrogen) atoms. The molecule has 0 N–H and O–H groups in total. The normalized spacial score (nSPS) is 49.6. The van der Waals surface area contributed by atoms with E-state index in [1.165, 1.54) is 5.56 Å². The summed E-state index contributed by atoms with van der Waals surface area (Å²) in [7, 11) is 0. The van der Waals surface area contributed by atoms with Gasteiger partial charge in [0.2, 0.25) is 0 Å². The molecule has 6 atom stereocenters. The van der Waals surface area contributed by atoms with Crippen LogP contribution in [0.3, 0.4) is 0 Å². The van der Waals surface area contributed by atoms with Crippen molar-refractivity contribution < 1.29 is 9.53 Å². The maximum absolute atomic E-state index is 11.8. The highest BCUT2D eigenvalue weighted by Gasteiger charge is 2.75. The molecule has 0 bridgehead atoms. The fraction of sp³-hybridized carbons (Fsp3) is 0.500. The highest BCUT2D eigenvalue weighted by molar-refractivity contribution is 5.89. The summed E-state index contributed by atoms with van der Waals surface area (Å²) in [5, 5.41) is 0. The molecule has 0 radical (unpaired) electrons. The Hall–Kier alpha value is -1.31. The molecule has 1 aliphatic heterocycles. The van der Waals surface area contributed by atoms with Crippen molar-refractivity contribution in [3.8, 4) is 5.75 Å². The van der Waals surface area contributed by atoms with Crippen molar-refractivity contribution in [3.05, 3.63) is 29.8 Å². The minimum atomic E-state index is 0.315. The largest absolute Gasteiger partial charge is 0.489 e. The van der Waals surface area contributed by atoms with Gasteiger partial charge in [0, 0.05) is 29.7 Å². The second kappa shape index (κ2) is 2.20. The van der Waals surface area contributed by atoms with Crippen molar-refractivity contribution in [2.45, 2.75) is 18.4 Å². The lowest BCUT2D eigenvalue weighted by Crippen LogP contribution is -2.23. The van der Waals surface area contributed by atoms with E-state index in [-0.39, 0.29) is 0 Å². The molecule has 3 saturated carbocycles. The Bertz CT molecular complexity index is 521. The quantitative estimate of drug-likeness (QED) is 0.657. The Morgan fingerprint density at radius 2 is 2.00 bits per heavy atom. The van der Waals surface area contributed by atoms with Crippen molar-refractivity contribution in [1.82, 2.24) is 0 Å². The van der Waals surface area contributed by atoms with Gasteiger partial charge in [0.15, 0.2) is 0 Å². The van der Waals surface area contributed by atoms with Crippen LogP contribution in [-0.2, 0) is 4.79 Å². The van der Waals surface area contributed by atoms with Gasteiger partial charge in [-0.15, -0.1) is 0 Å². The molecule has 3 aliphatic carbocycles. The molecule has 1 aromatic carbocycles. The maximum atomic E-state index is 11.8. The van der Waals surface area contributed by atoms with E-state index in [0.717, 1.165) is 12.2 Å². The van der Waals surface area contributed by atoms with Crippen LogP contribution in [0.15, 0.2) is 24.3 Å². The van der Waals surface area contributed by atoms with Gasteiger partial charge < -0.3 is 4.74 Å². The summed E-state index contributed by atoms with van der Waals surface area (Å²) in [6, 6.07) is 8.38. The number of ether oxygens (including phenoxy) is 1. The van der Waals surface area contributed by atoms with Crippen molar-refractivity contribution in [3.63, 3.8) is 0 Å². The number of benzene rings is 1. The summed E-state index contributed by atoms with van der Waals surface area (Å²) < 4.78 is 6.06. The van der Waals surface area contributed by atoms with E-state index < -0.39 is 0 Å². The third kappa shape index (κ3) is 0.649. The number of hydrogen-bond acceptors (Lipinski definition) is 2. The fourth-order valence-corrected chi connectivity index (χ4v) is 4.68. The molecule has 4 unspecified atom stereocenters. The van der Waals surface area contributed by atoms with Gasteiger partial charge in [0.05, 0.1) is 0 Å². The fourth-order valence-electron chi connectivity index (χ4n) is 4.68. The summed E-state index contributed by atoms with van der Waals surface area (Å²) in [5.41, 5.74) is 1.36. The van der Waals surface area contributed by atoms with E-state index in [1.807, 2.05) is 6.07 Å². The molecule has 2 heteroatoms. The Labute approximate surface area is 93.6 Å². The van der Waals surface area contributed by atoms with Gasteiger partial charge in [-0.25, -0.2) is 0 Å². The van der Waals surface area contributed by atoms with Crippen LogP contribution in [0.2, 0.25) is 0 Å². The number of Topliss-reactive ketones (excluding diaryl/α,β-unsaturated/α-hetero) is 1. The van der Waals surface area contributed by atoms with Gasteiger partial charge in [-0.05, 0) is 17.9 Å². The van der Waals surface area contributed by atoms with Gasteiger partial charge in [0.1, 0.15) is 17.6 Å². The summed E-state index contributed by atoms with van der Waals surface area (Å²) in [6.45, 7) is 0. The first-order chi connectivity index (χ1) is 7.86. The monoisotopic (exact) mass is 212 g/mol. The molecule has 5 rings (SSSR count). The zero-order valence-corrected chi connectivity index (χ0v) is 8.80. The van der Waals surface area contributed by atoms with Crippen LogP contribution < -0.4 is 4.74 Å². The van der Waals surface area contributed by atoms with E-state index in [2.05, 4.69) is 18.2 Å². The first-order valence-electron chi connectivity index (χ1n) is 6.14. The zero-order chi connectivity index (χ0) is 10.4. The van der Waals surface area contributed by atoms with Crippen LogP contribution in [0.5, 0.6) is 5.75 Å². The van der Waals surface area contributed by atoms with Crippen LogP contribution in [0.1, 0.15) is 17.9 Å². The SMILES string of the molecule is O=C1C[C@@H]2C3Oc4ccccc4C3C3C1[C@@H]32. The number of rotatable bonds is 0. The summed E-state index contributed by atoms with van der Waals surface area (Å²) in [5.74, 6) is 4.34. The lowest BCUT2D eigenvalue weighted by Gasteiger charge is -2.17. The molecular weight excluding hydrogens is 200 g/mol. The lowest BCUT2D eigenvalue weighted by atomic mass is 9.91. The average Bonchev–Trinajstić information content (AvgIpc) is 2.64. The van der Waals surface area contributed by atoms with Crippen LogP contribution >= 0.6 is 0 Å². The minimum Gasteiger partial charge on any atom is -0.489 e. The van der Waals surface area contributed by atoms with E-state index >= 15 is 0 Å². The van der Waals surface area contributed by atoms with Gasteiger partial charge in [-0.1, -0.05) is 18.2 Å². The predicted octanol–water partition coefficient (Wildman–Crippen LogP) is 2.00. The summed E-state index contributed by atoms with van der Waals surface area (Å²) >= 11 is 0.